The van der Waals surface area contributed by atoms with Crippen LogP contribution in [0.1, 0.15) is 47.4 Å². The molecule has 0 fully saturated rings. The molecule has 2 aromatic rings. The van der Waals surface area contributed by atoms with Gasteiger partial charge in [-0.1, -0.05) is 38.1 Å². The minimum Gasteiger partial charge on any atom is -0.434 e. The second kappa shape index (κ2) is 12.6. The molecule has 0 aromatic heterocycles. The molecular weight excluding hydrogens is 424 g/mol. The largest absolute Gasteiger partial charge is 0.513 e. The van der Waals surface area contributed by atoms with Crippen molar-refractivity contribution in [2.75, 3.05) is 13.2 Å². The molecule has 0 heterocycles. The van der Waals surface area contributed by atoms with Gasteiger partial charge in [0.15, 0.2) is 0 Å². The molecule has 0 aliphatic rings. The van der Waals surface area contributed by atoms with Gasteiger partial charge in [0.25, 0.3) is 0 Å². The van der Waals surface area contributed by atoms with Crippen molar-refractivity contribution in [1.29, 1.82) is 0 Å². The van der Waals surface area contributed by atoms with Crippen molar-refractivity contribution in [3.05, 3.63) is 59.7 Å². The molecule has 0 saturated heterocycles. The lowest BCUT2D eigenvalue weighted by molar-refractivity contribution is -0.187. The summed E-state index contributed by atoms with van der Waals surface area (Å²) in [7, 11) is 0. The number of hydrogen-bond acceptors (Lipinski definition) is 10. The second-order valence-electron chi connectivity index (χ2n) is 6.13. The number of carbonyl (C=O) groups is 4. The first-order valence-corrected chi connectivity index (χ1v) is 9.76. The van der Waals surface area contributed by atoms with Crippen molar-refractivity contribution >= 4 is 24.2 Å². The molecule has 0 saturated carbocycles. The lowest BCUT2D eigenvalue weighted by Crippen LogP contribution is -2.17. The Morgan fingerprint density at radius 1 is 0.625 bits per heavy atom. The molecule has 32 heavy (non-hydrogen) atoms. The topological polar surface area (TPSA) is 124 Å². The smallest absolute Gasteiger partial charge is 0.434 e. The third-order valence-electron chi connectivity index (χ3n) is 3.64. The number of rotatable bonds is 8. The van der Waals surface area contributed by atoms with Crippen molar-refractivity contribution in [2.24, 2.45) is 0 Å². The van der Waals surface area contributed by atoms with E-state index in [4.69, 9.17) is 18.9 Å². The number of hydrogen-bond donors (Lipinski definition) is 0. The van der Waals surface area contributed by atoms with Crippen LogP contribution in [0.15, 0.2) is 48.5 Å². The first kappa shape index (κ1) is 24.2. The van der Waals surface area contributed by atoms with Gasteiger partial charge >= 0.3 is 24.2 Å². The third kappa shape index (κ3) is 7.31. The van der Waals surface area contributed by atoms with Crippen LogP contribution in [0.3, 0.4) is 0 Å². The van der Waals surface area contributed by atoms with Crippen LogP contribution in [0.25, 0.3) is 0 Å². The Bertz CT molecular complexity index is 876. The second-order valence-corrected chi connectivity index (χ2v) is 6.13. The molecule has 10 heteroatoms. The summed E-state index contributed by atoms with van der Waals surface area (Å²) in [5.74, 6) is -2.48. The molecule has 0 bridgehead atoms. The van der Waals surface area contributed by atoms with Gasteiger partial charge in [0.1, 0.15) is 22.6 Å². The number of ether oxygens (including phenoxy) is 4. The molecule has 0 N–H and O–H groups in total. The van der Waals surface area contributed by atoms with E-state index in [1.807, 2.05) is 13.8 Å². The van der Waals surface area contributed by atoms with Gasteiger partial charge in [-0.15, -0.1) is 0 Å². The summed E-state index contributed by atoms with van der Waals surface area (Å²) in [6.07, 6.45) is -0.803. The SMILES string of the molecule is CCCOC(=O)Oc1ccccc1C(=O)OOC(=O)c1ccccc1OC(=O)OCCC. The maximum Gasteiger partial charge on any atom is 0.513 e. The summed E-state index contributed by atoms with van der Waals surface area (Å²) in [6.45, 7) is 3.92. The first-order valence-electron chi connectivity index (χ1n) is 9.76. The zero-order chi connectivity index (χ0) is 23.3. The molecule has 2 rings (SSSR count). The average Bonchev–Trinajstić information content (AvgIpc) is 2.80. The number of carbonyl (C=O) groups excluding carboxylic acids is 4. The number of para-hydroxylation sites is 2. The molecule has 0 atom stereocenters. The van der Waals surface area contributed by atoms with Crippen LogP contribution in [0.5, 0.6) is 11.5 Å². The third-order valence-corrected chi connectivity index (χ3v) is 3.64. The first-order chi connectivity index (χ1) is 15.5. The van der Waals surface area contributed by atoms with E-state index in [0.29, 0.717) is 12.8 Å². The highest BCUT2D eigenvalue weighted by atomic mass is 17.2. The standard InChI is InChI=1S/C22H22O10/c1-3-13-27-21(25)29-17-11-7-5-9-15(17)19(23)31-32-20(24)16-10-6-8-12-18(16)30-22(26)28-14-4-2/h5-12H,3-4,13-14H2,1-2H3. The summed E-state index contributed by atoms with van der Waals surface area (Å²) in [5, 5.41) is 0. The molecule has 170 valence electrons. The van der Waals surface area contributed by atoms with Crippen LogP contribution in [-0.2, 0) is 19.2 Å². The van der Waals surface area contributed by atoms with Crippen LogP contribution in [0.4, 0.5) is 9.59 Å². The van der Waals surface area contributed by atoms with E-state index >= 15 is 0 Å². The quantitative estimate of drug-likeness (QED) is 0.248. The molecule has 0 spiro atoms. The Labute approximate surface area is 183 Å². The van der Waals surface area contributed by atoms with Crippen LogP contribution in [-0.4, -0.2) is 37.5 Å². The Morgan fingerprint density at radius 2 is 1.00 bits per heavy atom. The van der Waals surface area contributed by atoms with Gasteiger partial charge in [0.05, 0.1) is 13.2 Å². The van der Waals surface area contributed by atoms with Gasteiger partial charge in [-0.05, 0) is 37.1 Å². The molecule has 0 unspecified atom stereocenters. The fourth-order valence-electron chi connectivity index (χ4n) is 2.22. The monoisotopic (exact) mass is 446 g/mol. The maximum absolute atomic E-state index is 12.3. The van der Waals surface area contributed by atoms with Gasteiger partial charge in [-0.3, -0.25) is 0 Å². The Hall–Kier alpha value is -4.08. The van der Waals surface area contributed by atoms with Gasteiger partial charge in [-0.2, -0.15) is 0 Å². The molecule has 0 aliphatic heterocycles. The molecule has 0 amide bonds. The van der Waals surface area contributed by atoms with E-state index in [1.165, 1.54) is 48.5 Å². The number of benzene rings is 2. The highest BCUT2D eigenvalue weighted by Gasteiger charge is 2.22. The summed E-state index contributed by atoms with van der Waals surface area (Å²) in [5.41, 5.74) is -0.358. The molecule has 0 radical (unpaired) electrons. The van der Waals surface area contributed by atoms with Crippen LogP contribution in [0.2, 0.25) is 0 Å². The summed E-state index contributed by atoms with van der Waals surface area (Å²) < 4.78 is 19.6. The van der Waals surface area contributed by atoms with Crippen LogP contribution in [0, 0.1) is 0 Å². The molecule has 10 nitrogen and oxygen atoms in total. The molecule has 0 aliphatic carbocycles. The Balaban J connectivity index is 2.03. The van der Waals surface area contributed by atoms with Crippen molar-refractivity contribution in [2.45, 2.75) is 26.7 Å². The van der Waals surface area contributed by atoms with Crippen LogP contribution < -0.4 is 9.47 Å². The maximum atomic E-state index is 12.3. The van der Waals surface area contributed by atoms with E-state index in [0.717, 1.165) is 0 Å². The average molecular weight is 446 g/mol. The fourth-order valence-corrected chi connectivity index (χ4v) is 2.22. The lowest BCUT2D eigenvalue weighted by Gasteiger charge is -2.10. The highest BCUT2D eigenvalue weighted by molar-refractivity contribution is 5.96. The van der Waals surface area contributed by atoms with E-state index < -0.39 is 24.2 Å². The zero-order valence-electron chi connectivity index (χ0n) is 17.5. The van der Waals surface area contributed by atoms with Crippen molar-refractivity contribution in [3.8, 4) is 11.5 Å². The normalized spacial score (nSPS) is 9.94. The fraction of sp³-hybridized carbons (Fsp3) is 0.273. The van der Waals surface area contributed by atoms with E-state index in [1.54, 1.807) is 0 Å². The lowest BCUT2D eigenvalue weighted by atomic mass is 10.2. The van der Waals surface area contributed by atoms with Gasteiger partial charge < -0.3 is 18.9 Å². The van der Waals surface area contributed by atoms with Crippen LogP contribution >= 0.6 is 0 Å². The molecule has 2 aromatic carbocycles. The zero-order valence-corrected chi connectivity index (χ0v) is 17.5. The van der Waals surface area contributed by atoms with E-state index in [-0.39, 0.29) is 35.8 Å². The predicted molar refractivity (Wildman–Crippen MR) is 108 cm³/mol. The Kier molecular flexibility index (Phi) is 9.51. The van der Waals surface area contributed by atoms with Crippen molar-refractivity contribution < 1.29 is 47.9 Å². The summed E-state index contributed by atoms with van der Waals surface area (Å²) in [4.78, 5) is 57.2. The minimum absolute atomic E-state index is 0.142. The van der Waals surface area contributed by atoms with E-state index in [2.05, 4.69) is 9.78 Å². The van der Waals surface area contributed by atoms with Crippen molar-refractivity contribution in [3.63, 3.8) is 0 Å². The predicted octanol–water partition coefficient (Wildman–Crippen LogP) is 4.47. The van der Waals surface area contributed by atoms with Gasteiger partial charge in [0.2, 0.25) is 0 Å². The molecular formula is C22H22O10. The summed E-state index contributed by atoms with van der Waals surface area (Å²) >= 11 is 0. The Morgan fingerprint density at radius 3 is 1.38 bits per heavy atom. The summed E-state index contributed by atoms with van der Waals surface area (Å²) in [6, 6.07) is 11.3. The minimum atomic E-state index is -1.10. The van der Waals surface area contributed by atoms with Gasteiger partial charge in [0, 0.05) is 0 Å². The highest BCUT2D eigenvalue weighted by Crippen LogP contribution is 2.22. The van der Waals surface area contributed by atoms with Gasteiger partial charge in [-0.25, -0.2) is 29.0 Å². The van der Waals surface area contributed by atoms with Crippen molar-refractivity contribution in [1.82, 2.24) is 0 Å². The van der Waals surface area contributed by atoms with E-state index in [9.17, 15) is 19.2 Å².